The van der Waals surface area contributed by atoms with Crippen LogP contribution in [0.25, 0.3) is 0 Å². The van der Waals surface area contributed by atoms with Crippen LogP contribution in [0.5, 0.6) is 0 Å². The van der Waals surface area contributed by atoms with Crippen molar-refractivity contribution in [1.82, 2.24) is 4.90 Å². The number of β-amino-alcohol motifs (C(OH)–C–C–N with tert-alkyl or cyclic N) is 1. The number of hydrogen-bond donors (Lipinski definition) is 2. The van der Waals surface area contributed by atoms with Crippen LogP contribution >= 0.6 is 0 Å². The average Bonchev–Trinajstić information content (AvgIpc) is 2.06. The lowest BCUT2D eigenvalue weighted by Crippen LogP contribution is -2.57. The number of nitrogens with zero attached hydrogens (tertiary/aromatic N) is 1. The molecular formula is C11H21NO4. The number of ether oxygens (including phenoxy) is 1. The molecule has 1 amide bonds. The molecule has 0 radical (unpaired) electrons. The van der Waals surface area contributed by atoms with Crippen LogP contribution in [0.15, 0.2) is 0 Å². The highest BCUT2D eigenvalue weighted by Crippen LogP contribution is 2.22. The third-order valence-corrected chi connectivity index (χ3v) is 2.55. The number of carbonyl (C=O) groups is 1. The smallest absolute Gasteiger partial charge is 0.410 e. The van der Waals surface area contributed by atoms with Crippen LogP contribution in [0, 0.1) is 0 Å². The molecule has 2 atom stereocenters. The predicted octanol–water partition coefficient (Wildman–Crippen LogP) is 0.739. The van der Waals surface area contributed by atoms with Crippen molar-refractivity contribution >= 4 is 6.09 Å². The maximum Gasteiger partial charge on any atom is 0.410 e. The van der Waals surface area contributed by atoms with Gasteiger partial charge >= 0.3 is 6.09 Å². The Labute approximate surface area is 96.0 Å². The summed E-state index contributed by atoms with van der Waals surface area (Å²) in [5.74, 6) is 0. The fourth-order valence-corrected chi connectivity index (χ4v) is 1.64. The molecule has 0 aromatic carbocycles. The average molecular weight is 231 g/mol. The maximum atomic E-state index is 11.7. The molecule has 0 aromatic rings. The summed E-state index contributed by atoms with van der Waals surface area (Å²) < 4.78 is 5.20. The van der Waals surface area contributed by atoms with E-state index in [1.807, 2.05) is 0 Å². The molecule has 0 spiro atoms. The Morgan fingerprint density at radius 1 is 1.50 bits per heavy atom. The topological polar surface area (TPSA) is 70.0 Å². The first-order valence-corrected chi connectivity index (χ1v) is 5.50. The van der Waals surface area contributed by atoms with Gasteiger partial charge < -0.3 is 19.8 Å². The monoisotopic (exact) mass is 231 g/mol. The standard InChI is InChI=1S/C11H21NO4/c1-10(2,3)16-9(14)12-6-5-8(13)11(4,15)7-12/h8,13,15H,5-7H2,1-4H3/t8-,11+/m0/s1. The molecule has 1 heterocycles. The third kappa shape index (κ3) is 3.35. The summed E-state index contributed by atoms with van der Waals surface area (Å²) in [7, 11) is 0. The van der Waals surface area contributed by atoms with E-state index in [4.69, 9.17) is 4.74 Å². The van der Waals surface area contributed by atoms with Crippen LogP contribution < -0.4 is 0 Å². The summed E-state index contributed by atoms with van der Waals surface area (Å²) in [6.07, 6.45) is -0.863. The number of aliphatic hydroxyl groups is 2. The molecule has 2 N–H and O–H groups in total. The van der Waals surface area contributed by atoms with E-state index < -0.39 is 23.4 Å². The number of hydrogen-bond acceptors (Lipinski definition) is 4. The summed E-state index contributed by atoms with van der Waals surface area (Å²) in [4.78, 5) is 13.1. The molecule has 0 aromatic heterocycles. The van der Waals surface area contributed by atoms with Crippen molar-refractivity contribution in [3.63, 3.8) is 0 Å². The lowest BCUT2D eigenvalue weighted by molar-refractivity contribution is -0.108. The largest absolute Gasteiger partial charge is 0.444 e. The molecule has 1 rings (SSSR count). The zero-order chi connectivity index (χ0) is 12.6. The van der Waals surface area contributed by atoms with Crippen molar-refractivity contribution in [2.45, 2.75) is 51.4 Å². The highest BCUT2D eigenvalue weighted by molar-refractivity contribution is 5.68. The van der Waals surface area contributed by atoms with Gasteiger partial charge in [0.25, 0.3) is 0 Å². The van der Waals surface area contributed by atoms with Crippen LogP contribution in [-0.2, 0) is 4.74 Å². The van der Waals surface area contributed by atoms with Gasteiger partial charge in [0.1, 0.15) is 11.2 Å². The Balaban J connectivity index is 2.60. The Morgan fingerprint density at radius 3 is 2.50 bits per heavy atom. The minimum Gasteiger partial charge on any atom is -0.444 e. The highest BCUT2D eigenvalue weighted by atomic mass is 16.6. The Kier molecular flexibility index (Phi) is 3.50. The molecule has 5 nitrogen and oxygen atoms in total. The molecule has 1 saturated heterocycles. The van der Waals surface area contributed by atoms with E-state index >= 15 is 0 Å². The first-order chi connectivity index (χ1) is 7.12. The lowest BCUT2D eigenvalue weighted by Gasteiger charge is -2.40. The minimum absolute atomic E-state index is 0.100. The number of carbonyl (C=O) groups excluding carboxylic acids is 1. The summed E-state index contributed by atoms with van der Waals surface area (Å²) >= 11 is 0. The first-order valence-electron chi connectivity index (χ1n) is 5.50. The summed E-state index contributed by atoms with van der Waals surface area (Å²) in [5, 5.41) is 19.4. The van der Waals surface area contributed by atoms with E-state index in [1.54, 1.807) is 20.8 Å². The SMILES string of the molecule is CC(C)(C)OC(=O)N1CC[C@H](O)[C@](C)(O)C1. The van der Waals surface area contributed by atoms with E-state index in [9.17, 15) is 15.0 Å². The van der Waals surface area contributed by atoms with Gasteiger partial charge in [-0.25, -0.2) is 4.79 Å². The number of aliphatic hydroxyl groups excluding tert-OH is 1. The Bertz CT molecular complexity index is 270. The van der Waals surface area contributed by atoms with Crippen molar-refractivity contribution in [2.24, 2.45) is 0 Å². The summed E-state index contributed by atoms with van der Waals surface area (Å²) in [5.41, 5.74) is -1.80. The van der Waals surface area contributed by atoms with Crippen LogP contribution in [0.3, 0.4) is 0 Å². The van der Waals surface area contributed by atoms with E-state index in [0.29, 0.717) is 13.0 Å². The van der Waals surface area contributed by atoms with E-state index in [1.165, 1.54) is 11.8 Å². The predicted molar refractivity (Wildman–Crippen MR) is 59.1 cm³/mol. The van der Waals surface area contributed by atoms with Crippen molar-refractivity contribution in [3.05, 3.63) is 0 Å². The molecule has 0 aliphatic carbocycles. The van der Waals surface area contributed by atoms with Crippen LogP contribution in [0.4, 0.5) is 4.79 Å². The second-order valence-electron chi connectivity index (χ2n) is 5.56. The van der Waals surface area contributed by atoms with Crippen LogP contribution in [0.2, 0.25) is 0 Å². The molecule has 1 fully saturated rings. The van der Waals surface area contributed by atoms with Crippen LogP contribution in [0.1, 0.15) is 34.1 Å². The van der Waals surface area contributed by atoms with Gasteiger partial charge in [-0.3, -0.25) is 0 Å². The second kappa shape index (κ2) is 4.22. The molecule has 0 bridgehead atoms. The van der Waals surface area contributed by atoms with Gasteiger partial charge in [0.15, 0.2) is 0 Å². The quantitative estimate of drug-likeness (QED) is 0.645. The molecule has 5 heteroatoms. The molecular weight excluding hydrogens is 210 g/mol. The Morgan fingerprint density at radius 2 is 2.06 bits per heavy atom. The van der Waals surface area contributed by atoms with Crippen molar-refractivity contribution < 1.29 is 19.7 Å². The first kappa shape index (κ1) is 13.3. The van der Waals surface area contributed by atoms with E-state index in [-0.39, 0.29) is 6.54 Å². The zero-order valence-corrected chi connectivity index (χ0v) is 10.4. The maximum absolute atomic E-state index is 11.7. The molecule has 0 unspecified atom stereocenters. The van der Waals surface area contributed by atoms with Gasteiger partial charge in [-0.1, -0.05) is 0 Å². The number of likely N-dealkylation sites (tertiary alicyclic amines) is 1. The molecule has 94 valence electrons. The van der Waals surface area contributed by atoms with Crippen molar-refractivity contribution in [1.29, 1.82) is 0 Å². The summed E-state index contributed by atoms with van der Waals surface area (Å²) in [6.45, 7) is 7.41. The number of rotatable bonds is 0. The van der Waals surface area contributed by atoms with Crippen molar-refractivity contribution in [3.8, 4) is 0 Å². The molecule has 1 aliphatic heterocycles. The minimum atomic E-state index is -1.25. The second-order valence-corrected chi connectivity index (χ2v) is 5.56. The van der Waals surface area contributed by atoms with Gasteiger partial charge in [-0.2, -0.15) is 0 Å². The van der Waals surface area contributed by atoms with Gasteiger partial charge in [0, 0.05) is 6.54 Å². The lowest BCUT2D eigenvalue weighted by atomic mass is 9.92. The molecule has 1 aliphatic rings. The molecule has 0 saturated carbocycles. The van der Waals surface area contributed by atoms with Crippen LogP contribution in [-0.4, -0.2) is 51.6 Å². The normalized spacial score (nSPS) is 31.4. The fraction of sp³-hybridized carbons (Fsp3) is 0.909. The fourth-order valence-electron chi connectivity index (χ4n) is 1.64. The van der Waals surface area contributed by atoms with Gasteiger partial charge in [-0.15, -0.1) is 0 Å². The zero-order valence-electron chi connectivity index (χ0n) is 10.4. The van der Waals surface area contributed by atoms with Gasteiger partial charge in [0.2, 0.25) is 0 Å². The van der Waals surface area contributed by atoms with E-state index in [2.05, 4.69) is 0 Å². The molecule has 16 heavy (non-hydrogen) atoms. The third-order valence-electron chi connectivity index (χ3n) is 2.55. The number of piperidine rings is 1. The van der Waals surface area contributed by atoms with Gasteiger partial charge in [0.05, 0.1) is 12.6 Å². The van der Waals surface area contributed by atoms with E-state index in [0.717, 1.165) is 0 Å². The number of amides is 1. The van der Waals surface area contributed by atoms with Crippen molar-refractivity contribution in [2.75, 3.05) is 13.1 Å². The Hall–Kier alpha value is -0.810. The van der Waals surface area contributed by atoms with Gasteiger partial charge in [-0.05, 0) is 34.1 Å². The summed E-state index contributed by atoms with van der Waals surface area (Å²) in [6, 6.07) is 0. The highest BCUT2D eigenvalue weighted by Gasteiger charge is 2.39.